The standard InChI is InChI=1S/C18H35BN2O/c1-14(2)21-13-17(20(3)18(21)22)12-15-9-7-5-4-6-8-10-16(19)11-15/h14-17H,4-13,19H2,1-3H3. The summed E-state index contributed by atoms with van der Waals surface area (Å²) in [5, 5.41) is 0. The summed E-state index contributed by atoms with van der Waals surface area (Å²) < 4.78 is 0. The fourth-order valence-corrected chi connectivity index (χ4v) is 4.31. The van der Waals surface area contributed by atoms with Gasteiger partial charge in [-0.25, -0.2) is 4.79 Å². The largest absolute Gasteiger partial charge is 0.323 e. The fourth-order valence-electron chi connectivity index (χ4n) is 4.31. The average Bonchev–Trinajstić information content (AvgIpc) is 2.74. The van der Waals surface area contributed by atoms with Crippen LogP contribution in [0.25, 0.3) is 0 Å². The number of hydrogen-bond acceptors (Lipinski definition) is 1. The van der Waals surface area contributed by atoms with Crippen LogP contribution >= 0.6 is 0 Å². The molecule has 2 rings (SSSR count). The lowest BCUT2D eigenvalue weighted by molar-refractivity contribution is 0.185. The van der Waals surface area contributed by atoms with Crippen LogP contribution < -0.4 is 0 Å². The average molecular weight is 306 g/mol. The third-order valence-electron chi connectivity index (χ3n) is 5.78. The molecule has 1 saturated carbocycles. The summed E-state index contributed by atoms with van der Waals surface area (Å²) in [6.07, 6.45) is 12.4. The van der Waals surface area contributed by atoms with E-state index in [4.69, 9.17) is 0 Å². The second kappa shape index (κ2) is 8.26. The summed E-state index contributed by atoms with van der Waals surface area (Å²) in [6, 6.07) is 0.978. The van der Waals surface area contributed by atoms with Gasteiger partial charge in [0.05, 0.1) is 6.04 Å². The number of carbonyl (C=O) groups is 1. The van der Waals surface area contributed by atoms with Crippen LogP contribution in [0.2, 0.25) is 5.82 Å². The SMILES string of the molecule is BC1CCCCCCCC(CC2CN(C(C)C)C(=O)N2C)C1. The van der Waals surface area contributed by atoms with Crippen molar-refractivity contribution in [2.24, 2.45) is 5.92 Å². The van der Waals surface area contributed by atoms with Crippen molar-refractivity contribution in [2.45, 2.75) is 89.5 Å². The highest BCUT2D eigenvalue weighted by Gasteiger charge is 2.36. The molecule has 2 amide bonds. The number of carbonyl (C=O) groups excluding carboxylic acids is 1. The van der Waals surface area contributed by atoms with Gasteiger partial charge < -0.3 is 9.80 Å². The van der Waals surface area contributed by atoms with Gasteiger partial charge in [0.25, 0.3) is 0 Å². The van der Waals surface area contributed by atoms with E-state index in [1.54, 1.807) is 0 Å². The first kappa shape index (κ1) is 17.7. The van der Waals surface area contributed by atoms with Gasteiger partial charge in [0, 0.05) is 19.6 Å². The van der Waals surface area contributed by atoms with Gasteiger partial charge >= 0.3 is 6.03 Å². The van der Waals surface area contributed by atoms with Crippen LogP contribution in [0.15, 0.2) is 0 Å². The van der Waals surface area contributed by atoms with Crippen molar-refractivity contribution in [3.05, 3.63) is 0 Å². The Bertz CT molecular complexity index is 361. The second-order valence-corrected chi connectivity index (χ2v) is 8.08. The van der Waals surface area contributed by atoms with E-state index >= 15 is 0 Å². The molecule has 4 heteroatoms. The van der Waals surface area contributed by atoms with E-state index in [1.807, 2.05) is 16.8 Å². The van der Waals surface area contributed by atoms with Crippen LogP contribution in [0, 0.1) is 5.92 Å². The van der Waals surface area contributed by atoms with Crippen molar-refractivity contribution in [3.63, 3.8) is 0 Å². The van der Waals surface area contributed by atoms with Gasteiger partial charge in [-0.15, -0.1) is 0 Å². The van der Waals surface area contributed by atoms with Gasteiger partial charge in [-0.2, -0.15) is 0 Å². The molecule has 3 nitrogen and oxygen atoms in total. The van der Waals surface area contributed by atoms with E-state index in [1.165, 1.54) is 57.8 Å². The summed E-state index contributed by atoms with van der Waals surface area (Å²) in [6.45, 7) is 5.18. The lowest BCUT2D eigenvalue weighted by Crippen LogP contribution is -2.35. The summed E-state index contributed by atoms with van der Waals surface area (Å²) in [7, 11) is 4.43. The normalized spacial score (nSPS) is 31.8. The zero-order valence-electron chi connectivity index (χ0n) is 15.2. The Morgan fingerprint density at radius 2 is 1.77 bits per heavy atom. The molecule has 0 bridgehead atoms. The van der Waals surface area contributed by atoms with Crippen LogP contribution in [0.3, 0.4) is 0 Å². The van der Waals surface area contributed by atoms with Crippen molar-refractivity contribution in [1.82, 2.24) is 9.80 Å². The maximum Gasteiger partial charge on any atom is 0.320 e. The van der Waals surface area contributed by atoms with Gasteiger partial charge in [-0.1, -0.05) is 57.2 Å². The minimum Gasteiger partial charge on any atom is -0.323 e. The first-order chi connectivity index (χ1) is 10.5. The molecular weight excluding hydrogens is 271 g/mol. The molecule has 0 radical (unpaired) electrons. The lowest BCUT2D eigenvalue weighted by Gasteiger charge is -2.27. The van der Waals surface area contributed by atoms with Gasteiger partial charge in [-0.3, -0.25) is 0 Å². The molecule has 126 valence electrons. The number of rotatable bonds is 3. The van der Waals surface area contributed by atoms with Crippen molar-refractivity contribution in [3.8, 4) is 0 Å². The molecule has 0 N–H and O–H groups in total. The zero-order valence-corrected chi connectivity index (χ0v) is 15.2. The Kier molecular flexibility index (Phi) is 6.64. The molecule has 1 saturated heterocycles. The molecule has 22 heavy (non-hydrogen) atoms. The predicted octanol–water partition coefficient (Wildman–Crippen LogP) is 3.69. The molecule has 1 heterocycles. The maximum atomic E-state index is 12.3. The van der Waals surface area contributed by atoms with E-state index in [-0.39, 0.29) is 6.03 Å². The van der Waals surface area contributed by atoms with Gasteiger partial charge in [0.2, 0.25) is 0 Å². The molecule has 0 spiro atoms. The minimum absolute atomic E-state index is 0.230. The van der Waals surface area contributed by atoms with Gasteiger partial charge in [0.15, 0.2) is 0 Å². The molecular formula is C18H35BN2O. The van der Waals surface area contributed by atoms with E-state index in [0.717, 1.165) is 18.3 Å². The van der Waals surface area contributed by atoms with E-state index in [0.29, 0.717) is 12.1 Å². The molecule has 2 aliphatic rings. The maximum absolute atomic E-state index is 12.3. The van der Waals surface area contributed by atoms with Crippen LogP contribution in [0.1, 0.15) is 71.6 Å². The van der Waals surface area contributed by atoms with Crippen LogP contribution in [0.4, 0.5) is 4.79 Å². The van der Waals surface area contributed by atoms with E-state index in [9.17, 15) is 4.79 Å². The summed E-state index contributed by atoms with van der Waals surface area (Å²) in [4.78, 5) is 16.4. The Morgan fingerprint density at radius 1 is 1.14 bits per heavy atom. The first-order valence-electron chi connectivity index (χ1n) is 9.52. The van der Waals surface area contributed by atoms with Crippen LogP contribution in [0.5, 0.6) is 0 Å². The van der Waals surface area contributed by atoms with Crippen molar-refractivity contribution in [1.29, 1.82) is 0 Å². The second-order valence-electron chi connectivity index (χ2n) is 8.08. The van der Waals surface area contributed by atoms with Crippen LogP contribution in [-0.2, 0) is 0 Å². The summed E-state index contributed by atoms with van der Waals surface area (Å²) >= 11 is 0. The molecule has 1 aliphatic heterocycles. The van der Waals surface area contributed by atoms with Crippen molar-refractivity contribution < 1.29 is 4.79 Å². The topological polar surface area (TPSA) is 23.6 Å². The lowest BCUT2D eigenvalue weighted by atomic mass is 9.73. The number of likely N-dealkylation sites (N-methyl/N-ethyl adjacent to an activating group) is 1. The van der Waals surface area contributed by atoms with Crippen molar-refractivity contribution in [2.75, 3.05) is 13.6 Å². The quantitative estimate of drug-likeness (QED) is 0.729. The first-order valence-corrected chi connectivity index (χ1v) is 9.52. The highest BCUT2D eigenvalue weighted by atomic mass is 16.2. The fraction of sp³-hybridized carbons (Fsp3) is 0.944. The molecule has 2 fully saturated rings. The molecule has 0 aromatic heterocycles. The minimum atomic E-state index is 0.230. The van der Waals surface area contributed by atoms with E-state index < -0.39 is 0 Å². The predicted molar refractivity (Wildman–Crippen MR) is 96.1 cm³/mol. The van der Waals surface area contributed by atoms with Crippen LogP contribution in [-0.4, -0.2) is 49.4 Å². The number of hydrogen-bond donors (Lipinski definition) is 0. The molecule has 1 aliphatic carbocycles. The van der Waals surface area contributed by atoms with E-state index in [2.05, 4.69) is 21.7 Å². The Morgan fingerprint density at radius 3 is 2.41 bits per heavy atom. The molecule has 0 aromatic carbocycles. The van der Waals surface area contributed by atoms with Crippen molar-refractivity contribution >= 4 is 13.9 Å². The Balaban J connectivity index is 1.93. The third kappa shape index (κ3) is 4.66. The number of urea groups is 1. The highest BCUT2D eigenvalue weighted by Crippen LogP contribution is 2.32. The summed E-state index contributed by atoms with van der Waals surface area (Å²) in [5.74, 6) is 1.66. The highest BCUT2D eigenvalue weighted by molar-refractivity contribution is 6.11. The monoisotopic (exact) mass is 306 g/mol. The Hall–Kier alpha value is -0.665. The van der Waals surface area contributed by atoms with Gasteiger partial charge in [0.1, 0.15) is 7.85 Å². The number of nitrogens with zero attached hydrogens (tertiary/aromatic N) is 2. The molecule has 3 unspecified atom stereocenters. The number of amides is 2. The van der Waals surface area contributed by atoms with Gasteiger partial charge in [-0.05, 0) is 26.2 Å². The smallest absolute Gasteiger partial charge is 0.320 e. The third-order valence-corrected chi connectivity index (χ3v) is 5.78. The molecule has 0 aromatic rings. The Labute approximate surface area is 138 Å². The summed E-state index contributed by atoms with van der Waals surface area (Å²) in [5.41, 5.74) is 0. The zero-order chi connectivity index (χ0) is 16.1. The molecule has 3 atom stereocenters.